The molecule has 1 saturated heterocycles. The Bertz CT molecular complexity index is 1220. The highest BCUT2D eigenvalue weighted by Gasteiger charge is 2.22. The number of likely N-dealkylation sites (tertiary alicyclic amines) is 1. The monoisotopic (exact) mass is 441 g/mol. The second-order valence-corrected chi connectivity index (χ2v) is 8.96. The Morgan fingerprint density at radius 1 is 1.12 bits per heavy atom. The maximum absolute atomic E-state index is 4.75. The van der Waals surface area contributed by atoms with E-state index in [1.165, 1.54) is 30.6 Å². The molecule has 170 valence electrons. The van der Waals surface area contributed by atoms with Crippen LogP contribution >= 0.6 is 0 Å². The minimum absolute atomic E-state index is 0.109. The van der Waals surface area contributed by atoms with Crippen LogP contribution in [0.5, 0.6) is 0 Å². The molecule has 2 unspecified atom stereocenters. The van der Waals surface area contributed by atoms with Gasteiger partial charge in [-0.1, -0.05) is 30.3 Å². The topological polar surface area (TPSA) is 62.1 Å². The Hall–Kier alpha value is -3.45. The molecule has 0 saturated carbocycles. The fourth-order valence-corrected chi connectivity index (χ4v) is 4.62. The van der Waals surface area contributed by atoms with Crippen LogP contribution in [0.3, 0.4) is 0 Å². The first-order valence-electron chi connectivity index (χ1n) is 11.6. The fraction of sp³-hybridized carbons (Fsp3) is 0.346. The lowest BCUT2D eigenvalue weighted by atomic mass is 10.1. The number of likely N-dealkylation sites (N-methyl/N-ethyl adjacent to an activating group) is 2. The number of rotatable bonds is 7. The van der Waals surface area contributed by atoms with E-state index in [0.29, 0.717) is 12.0 Å². The zero-order chi connectivity index (χ0) is 22.8. The van der Waals surface area contributed by atoms with Crippen molar-refractivity contribution < 1.29 is 0 Å². The first-order chi connectivity index (χ1) is 16.1. The van der Waals surface area contributed by atoms with E-state index in [2.05, 4.69) is 76.4 Å². The number of hydrogen-bond donors (Lipinski definition) is 1. The Morgan fingerprint density at radius 3 is 2.76 bits per heavy atom. The van der Waals surface area contributed by atoms with Crippen molar-refractivity contribution in [3.63, 3.8) is 0 Å². The van der Waals surface area contributed by atoms with Gasteiger partial charge in [-0.15, -0.1) is 0 Å². The van der Waals surface area contributed by atoms with Gasteiger partial charge in [0.2, 0.25) is 5.95 Å². The van der Waals surface area contributed by atoms with Crippen LogP contribution in [0.4, 0.5) is 11.6 Å². The summed E-state index contributed by atoms with van der Waals surface area (Å²) in [5.74, 6) is 1.40. The molecule has 4 aromatic rings. The van der Waals surface area contributed by atoms with Crippen LogP contribution in [0, 0.1) is 0 Å². The summed E-state index contributed by atoms with van der Waals surface area (Å²) < 4.78 is 2.02. The highest BCUT2D eigenvalue weighted by Crippen LogP contribution is 2.25. The van der Waals surface area contributed by atoms with Gasteiger partial charge in [0.05, 0.1) is 17.1 Å². The predicted molar refractivity (Wildman–Crippen MR) is 134 cm³/mol. The lowest BCUT2D eigenvalue weighted by Crippen LogP contribution is -2.36. The van der Waals surface area contributed by atoms with Gasteiger partial charge in [0.15, 0.2) is 0 Å². The van der Waals surface area contributed by atoms with Gasteiger partial charge in [-0.25, -0.2) is 9.97 Å². The molecule has 5 rings (SSSR count). The van der Waals surface area contributed by atoms with Crippen molar-refractivity contribution in [1.82, 2.24) is 24.4 Å². The lowest BCUT2D eigenvalue weighted by Gasteiger charge is -2.27. The van der Waals surface area contributed by atoms with Crippen molar-refractivity contribution in [3.05, 3.63) is 72.7 Å². The first kappa shape index (κ1) is 21.4. The van der Waals surface area contributed by atoms with E-state index in [-0.39, 0.29) is 6.04 Å². The van der Waals surface area contributed by atoms with Crippen LogP contribution in [0.15, 0.2) is 67.1 Å². The maximum atomic E-state index is 4.75. The summed E-state index contributed by atoms with van der Waals surface area (Å²) in [5.41, 5.74) is 4.38. The molecule has 33 heavy (non-hydrogen) atoms. The largest absolute Gasteiger partial charge is 0.373 e. The number of nitrogens with zero attached hydrogens (tertiary/aromatic N) is 6. The average Bonchev–Trinajstić information content (AvgIpc) is 3.45. The Labute approximate surface area is 195 Å². The van der Waals surface area contributed by atoms with E-state index in [0.717, 1.165) is 23.4 Å². The third-order valence-corrected chi connectivity index (χ3v) is 6.66. The smallest absolute Gasteiger partial charge is 0.225 e. The molecule has 2 aromatic heterocycles. The van der Waals surface area contributed by atoms with Crippen LogP contribution in [0.25, 0.3) is 16.9 Å². The van der Waals surface area contributed by atoms with Gasteiger partial charge in [-0.05, 0) is 63.2 Å². The van der Waals surface area contributed by atoms with Crippen molar-refractivity contribution in [2.45, 2.75) is 31.8 Å². The van der Waals surface area contributed by atoms with Crippen LogP contribution in [-0.4, -0.2) is 57.6 Å². The summed E-state index contributed by atoms with van der Waals surface area (Å²) >= 11 is 0. The van der Waals surface area contributed by atoms with Gasteiger partial charge in [-0.2, -0.15) is 4.98 Å². The summed E-state index contributed by atoms with van der Waals surface area (Å²) in [6.07, 6.45) is 6.18. The Morgan fingerprint density at radius 2 is 1.97 bits per heavy atom. The van der Waals surface area contributed by atoms with E-state index >= 15 is 0 Å². The van der Waals surface area contributed by atoms with Crippen molar-refractivity contribution in [2.75, 3.05) is 37.4 Å². The zero-order valence-electron chi connectivity index (χ0n) is 19.5. The Balaban J connectivity index is 1.35. The summed E-state index contributed by atoms with van der Waals surface area (Å²) in [4.78, 5) is 18.6. The van der Waals surface area contributed by atoms with Gasteiger partial charge in [-0.3, -0.25) is 4.57 Å². The minimum Gasteiger partial charge on any atom is -0.373 e. The highest BCUT2D eigenvalue weighted by molar-refractivity contribution is 5.81. The van der Waals surface area contributed by atoms with E-state index < -0.39 is 0 Å². The number of fused-ring (bicyclic) bond motifs is 1. The van der Waals surface area contributed by atoms with Crippen molar-refractivity contribution in [3.8, 4) is 5.82 Å². The molecule has 2 aromatic carbocycles. The summed E-state index contributed by atoms with van der Waals surface area (Å²) in [6.45, 7) is 4.34. The molecular weight excluding hydrogens is 410 g/mol. The number of hydrogen-bond acceptors (Lipinski definition) is 6. The fourth-order valence-electron chi connectivity index (χ4n) is 4.62. The quantitative estimate of drug-likeness (QED) is 0.455. The number of nitrogens with one attached hydrogen (secondary N) is 1. The summed E-state index contributed by atoms with van der Waals surface area (Å²) in [6, 6.07) is 19.4. The molecule has 1 N–H and O–H groups in total. The number of benzene rings is 2. The second-order valence-electron chi connectivity index (χ2n) is 8.96. The van der Waals surface area contributed by atoms with Gasteiger partial charge >= 0.3 is 0 Å². The van der Waals surface area contributed by atoms with Gasteiger partial charge in [0.1, 0.15) is 12.1 Å². The normalized spacial score (nSPS) is 17.4. The van der Waals surface area contributed by atoms with Gasteiger partial charge in [0, 0.05) is 31.5 Å². The van der Waals surface area contributed by atoms with E-state index in [1.54, 1.807) is 6.20 Å². The SMILES string of the molecule is CC(Nc1nccc(-n2cnc3cc(N(C)CC4CCCN4C)ccc32)n1)c1ccccc1. The zero-order valence-corrected chi connectivity index (χ0v) is 19.5. The molecule has 7 heteroatoms. The summed E-state index contributed by atoms with van der Waals surface area (Å²) in [5, 5.41) is 3.40. The van der Waals surface area contributed by atoms with E-state index in [9.17, 15) is 0 Å². The molecule has 0 spiro atoms. The van der Waals surface area contributed by atoms with E-state index in [4.69, 9.17) is 4.98 Å². The molecule has 0 radical (unpaired) electrons. The van der Waals surface area contributed by atoms with Crippen LogP contribution in [0.2, 0.25) is 0 Å². The molecule has 0 amide bonds. The number of aromatic nitrogens is 4. The van der Waals surface area contributed by atoms with Crippen molar-refractivity contribution >= 4 is 22.7 Å². The summed E-state index contributed by atoms with van der Waals surface area (Å²) in [7, 11) is 4.39. The molecule has 1 aliphatic heterocycles. The molecule has 0 aliphatic carbocycles. The molecule has 1 fully saturated rings. The second kappa shape index (κ2) is 9.19. The average molecular weight is 442 g/mol. The van der Waals surface area contributed by atoms with Crippen LogP contribution < -0.4 is 10.2 Å². The molecule has 3 heterocycles. The third-order valence-electron chi connectivity index (χ3n) is 6.66. The van der Waals surface area contributed by atoms with Crippen molar-refractivity contribution in [1.29, 1.82) is 0 Å². The van der Waals surface area contributed by atoms with Gasteiger partial charge in [0.25, 0.3) is 0 Å². The molecular formula is C26H31N7. The van der Waals surface area contributed by atoms with Gasteiger partial charge < -0.3 is 15.1 Å². The van der Waals surface area contributed by atoms with E-state index in [1.807, 2.05) is 35.2 Å². The predicted octanol–water partition coefficient (Wildman–Crippen LogP) is 4.52. The lowest BCUT2D eigenvalue weighted by molar-refractivity contribution is 0.314. The molecule has 1 aliphatic rings. The standard InChI is InChI=1S/C26H31N7/c1-19(20-8-5-4-6-9-20)29-26-27-14-13-25(30-26)33-18-28-23-16-21(11-12-24(23)33)32(3)17-22-10-7-15-31(22)2/h4-6,8-9,11-14,16,18-19,22H,7,10,15,17H2,1-3H3,(H,27,29,30). The highest BCUT2D eigenvalue weighted by atomic mass is 15.2. The number of imidazole rings is 1. The third kappa shape index (κ3) is 4.54. The molecule has 2 atom stereocenters. The van der Waals surface area contributed by atoms with Crippen LogP contribution in [0.1, 0.15) is 31.4 Å². The van der Waals surface area contributed by atoms with Crippen LogP contribution in [-0.2, 0) is 0 Å². The molecule has 7 nitrogen and oxygen atoms in total. The number of anilines is 2. The minimum atomic E-state index is 0.109. The van der Waals surface area contributed by atoms with Crippen molar-refractivity contribution in [2.24, 2.45) is 0 Å². The molecule has 0 bridgehead atoms. The first-order valence-corrected chi connectivity index (χ1v) is 11.6. The maximum Gasteiger partial charge on any atom is 0.225 e. The Kier molecular flexibility index (Phi) is 5.96.